The molecule has 1 aromatic heterocycles. The SMILES string of the molecule is COc1cc2[nH]c(=S)n(-c3cccc(C)c3)c2cc1OC. The van der Waals surface area contributed by atoms with Crippen molar-refractivity contribution in [3.8, 4) is 17.2 Å². The van der Waals surface area contributed by atoms with Gasteiger partial charge in [-0.1, -0.05) is 12.1 Å². The van der Waals surface area contributed by atoms with E-state index < -0.39 is 0 Å². The molecular formula is C16H16N2O2S. The minimum absolute atomic E-state index is 0.644. The smallest absolute Gasteiger partial charge is 0.182 e. The minimum Gasteiger partial charge on any atom is -0.493 e. The summed E-state index contributed by atoms with van der Waals surface area (Å²) in [5.41, 5.74) is 4.09. The Balaban J connectivity index is 2.33. The van der Waals surface area contributed by atoms with Crippen LogP contribution in [0.25, 0.3) is 16.7 Å². The molecule has 3 aromatic rings. The molecule has 0 spiro atoms. The lowest BCUT2D eigenvalue weighted by atomic mass is 10.2. The van der Waals surface area contributed by atoms with Crippen molar-refractivity contribution in [3.63, 3.8) is 0 Å². The fourth-order valence-electron chi connectivity index (χ4n) is 2.46. The van der Waals surface area contributed by atoms with Gasteiger partial charge in [-0.3, -0.25) is 4.57 Å². The predicted octanol–water partition coefficient (Wildman–Crippen LogP) is 4.01. The summed E-state index contributed by atoms with van der Waals surface area (Å²) in [5.74, 6) is 1.36. The number of nitrogens with zero attached hydrogens (tertiary/aromatic N) is 1. The molecule has 1 N–H and O–H groups in total. The number of aromatic nitrogens is 2. The van der Waals surface area contributed by atoms with E-state index in [1.165, 1.54) is 5.56 Å². The quantitative estimate of drug-likeness (QED) is 0.743. The van der Waals surface area contributed by atoms with Crippen LogP contribution in [0, 0.1) is 11.7 Å². The average molecular weight is 300 g/mol. The summed E-state index contributed by atoms with van der Waals surface area (Å²) < 4.78 is 13.4. The second-order valence-electron chi connectivity index (χ2n) is 4.83. The fraction of sp³-hybridized carbons (Fsp3) is 0.188. The Bertz CT molecular complexity index is 864. The summed E-state index contributed by atoms with van der Waals surface area (Å²) in [6.45, 7) is 2.06. The van der Waals surface area contributed by atoms with Crippen LogP contribution in [-0.2, 0) is 0 Å². The third kappa shape index (κ3) is 2.29. The maximum Gasteiger partial charge on any atom is 0.182 e. The highest BCUT2D eigenvalue weighted by Crippen LogP contribution is 2.33. The van der Waals surface area contributed by atoms with Gasteiger partial charge >= 0.3 is 0 Å². The van der Waals surface area contributed by atoms with Crippen LogP contribution in [0.2, 0.25) is 0 Å². The number of hydrogen-bond acceptors (Lipinski definition) is 3. The fourth-order valence-corrected chi connectivity index (χ4v) is 2.77. The number of methoxy groups -OCH3 is 2. The summed E-state index contributed by atoms with van der Waals surface area (Å²) in [7, 11) is 3.25. The van der Waals surface area contributed by atoms with Gasteiger partial charge in [-0.05, 0) is 36.8 Å². The number of rotatable bonds is 3. The van der Waals surface area contributed by atoms with Crippen molar-refractivity contribution in [2.75, 3.05) is 14.2 Å². The summed E-state index contributed by atoms with van der Waals surface area (Å²) in [4.78, 5) is 3.21. The van der Waals surface area contributed by atoms with Crippen molar-refractivity contribution in [3.05, 3.63) is 46.7 Å². The van der Waals surface area contributed by atoms with E-state index in [0.29, 0.717) is 16.3 Å². The molecule has 0 saturated heterocycles. The van der Waals surface area contributed by atoms with Crippen LogP contribution >= 0.6 is 12.2 Å². The number of imidazole rings is 1. The van der Waals surface area contributed by atoms with Crippen LogP contribution in [0.4, 0.5) is 0 Å². The van der Waals surface area contributed by atoms with Crippen LogP contribution in [0.15, 0.2) is 36.4 Å². The van der Waals surface area contributed by atoms with Gasteiger partial charge in [-0.25, -0.2) is 0 Å². The van der Waals surface area contributed by atoms with Crippen molar-refractivity contribution in [2.45, 2.75) is 6.92 Å². The summed E-state index contributed by atoms with van der Waals surface area (Å²) >= 11 is 5.46. The third-order valence-corrected chi connectivity index (χ3v) is 3.73. The first-order valence-electron chi connectivity index (χ1n) is 6.58. The molecule has 21 heavy (non-hydrogen) atoms. The number of aromatic amines is 1. The number of hydrogen-bond donors (Lipinski definition) is 1. The summed E-state index contributed by atoms with van der Waals surface area (Å²) in [6.07, 6.45) is 0. The standard InChI is InChI=1S/C16H16N2O2S/c1-10-5-4-6-11(7-10)18-13-9-15(20-3)14(19-2)8-12(13)17-16(18)21/h4-9H,1-3H3,(H,17,21). The molecule has 108 valence electrons. The Morgan fingerprint density at radius 2 is 1.76 bits per heavy atom. The Kier molecular flexibility index (Phi) is 3.43. The molecule has 0 bridgehead atoms. The second kappa shape index (κ2) is 5.26. The maximum atomic E-state index is 5.46. The predicted molar refractivity (Wildman–Crippen MR) is 86.3 cm³/mol. The van der Waals surface area contributed by atoms with Gasteiger partial charge in [0, 0.05) is 17.8 Å². The van der Waals surface area contributed by atoms with E-state index >= 15 is 0 Å². The first kappa shape index (κ1) is 13.7. The Labute approximate surface area is 127 Å². The van der Waals surface area contributed by atoms with E-state index in [1.54, 1.807) is 14.2 Å². The van der Waals surface area contributed by atoms with Gasteiger partial charge in [0.05, 0.1) is 25.3 Å². The molecule has 0 radical (unpaired) electrons. The monoisotopic (exact) mass is 300 g/mol. The van der Waals surface area contributed by atoms with E-state index in [-0.39, 0.29) is 0 Å². The normalized spacial score (nSPS) is 10.8. The molecule has 0 atom stereocenters. The molecule has 0 aliphatic heterocycles. The third-order valence-electron chi connectivity index (χ3n) is 3.45. The lowest BCUT2D eigenvalue weighted by Gasteiger charge is -2.09. The topological polar surface area (TPSA) is 39.2 Å². The molecule has 3 rings (SSSR count). The van der Waals surface area contributed by atoms with E-state index in [0.717, 1.165) is 16.7 Å². The summed E-state index contributed by atoms with van der Waals surface area (Å²) in [6, 6.07) is 12.0. The van der Waals surface area contributed by atoms with Crippen molar-refractivity contribution < 1.29 is 9.47 Å². The zero-order chi connectivity index (χ0) is 15.0. The number of benzene rings is 2. The highest BCUT2D eigenvalue weighted by molar-refractivity contribution is 7.71. The van der Waals surface area contributed by atoms with Crippen LogP contribution in [0.5, 0.6) is 11.5 Å². The van der Waals surface area contributed by atoms with Crippen LogP contribution in [-0.4, -0.2) is 23.8 Å². The van der Waals surface area contributed by atoms with Crippen molar-refractivity contribution >= 4 is 23.3 Å². The van der Waals surface area contributed by atoms with Gasteiger partial charge in [-0.2, -0.15) is 0 Å². The Hall–Kier alpha value is -2.27. The van der Waals surface area contributed by atoms with E-state index in [2.05, 4.69) is 24.0 Å². The van der Waals surface area contributed by atoms with E-state index in [4.69, 9.17) is 21.7 Å². The Morgan fingerprint density at radius 3 is 2.43 bits per heavy atom. The molecule has 0 unspecified atom stereocenters. The minimum atomic E-state index is 0.644. The molecule has 4 nitrogen and oxygen atoms in total. The van der Waals surface area contributed by atoms with Gasteiger partial charge in [0.1, 0.15) is 0 Å². The van der Waals surface area contributed by atoms with Crippen LogP contribution in [0.3, 0.4) is 0 Å². The molecule has 0 fully saturated rings. The zero-order valence-electron chi connectivity index (χ0n) is 12.1. The maximum absolute atomic E-state index is 5.46. The highest BCUT2D eigenvalue weighted by Gasteiger charge is 2.12. The zero-order valence-corrected chi connectivity index (χ0v) is 13.0. The lowest BCUT2D eigenvalue weighted by Crippen LogP contribution is -1.95. The largest absolute Gasteiger partial charge is 0.493 e. The second-order valence-corrected chi connectivity index (χ2v) is 5.22. The molecule has 2 aromatic carbocycles. The molecule has 0 saturated carbocycles. The average Bonchev–Trinajstić information content (AvgIpc) is 2.80. The highest BCUT2D eigenvalue weighted by atomic mass is 32.1. The molecule has 5 heteroatoms. The van der Waals surface area contributed by atoms with Crippen molar-refractivity contribution in [2.24, 2.45) is 0 Å². The van der Waals surface area contributed by atoms with Gasteiger partial charge in [0.15, 0.2) is 16.3 Å². The van der Waals surface area contributed by atoms with Crippen molar-refractivity contribution in [1.82, 2.24) is 9.55 Å². The number of nitrogens with one attached hydrogen (secondary N) is 1. The lowest BCUT2D eigenvalue weighted by molar-refractivity contribution is 0.355. The molecule has 0 aliphatic rings. The molecular weight excluding hydrogens is 284 g/mol. The molecule has 0 amide bonds. The van der Waals surface area contributed by atoms with Crippen LogP contribution in [0.1, 0.15) is 5.56 Å². The van der Waals surface area contributed by atoms with Gasteiger partial charge in [-0.15, -0.1) is 0 Å². The van der Waals surface area contributed by atoms with Gasteiger partial charge in [0.2, 0.25) is 0 Å². The molecule has 0 aliphatic carbocycles. The number of H-pyrrole nitrogens is 1. The van der Waals surface area contributed by atoms with Crippen molar-refractivity contribution in [1.29, 1.82) is 0 Å². The Morgan fingerprint density at radius 1 is 1.05 bits per heavy atom. The van der Waals surface area contributed by atoms with Gasteiger partial charge in [0.25, 0.3) is 0 Å². The number of fused-ring (bicyclic) bond motifs is 1. The number of ether oxygens (including phenoxy) is 2. The van der Waals surface area contributed by atoms with E-state index in [9.17, 15) is 0 Å². The number of aryl methyl sites for hydroxylation is 1. The first-order valence-corrected chi connectivity index (χ1v) is 6.98. The summed E-state index contributed by atoms with van der Waals surface area (Å²) in [5, 5.41) is 0. The molecule has 1 heterocycles. The first-order chi connectivity index (χ1) is 10.1. The van der Waals surface area contributed by atoms with E-state index in [1.807, 2.05) is 28.8 Å². The van der Waals surface area contributed by atoms with Crippen LogP contribution < -0.4 is 9.47 Å². The van der Waals surface area contributed by atoms with Gasteiger partial charge < -0.3 is 14.5 Å².